The number of nitrogens with zero attached hydrogens (tertiary/aromatic N) is 6. The van der Waals surface area contributed by atoms with Crippen molar-refractivity contribution in [2.45, 2.75) is 32.4 Å². The van der Waals surface area contributed by atoms with Crippen molar-refractivity contribution in [3.05, 3.63) is 24.8 Å². The van der Waals surface area contributed by atoms with Crippen molar-refractivity contribution in [2.75, 3.05) is 38.1 Å². The molecule has 3 amide bonds. The first-order valence-corrected chi connectivity index (χ1v) is 10.8. The number of imidazole rings is 1. The van der Waals surface area contributed by atoms with Gasteiger partial charge in [-0.25, -0.2) is 14.8 Å². The third-order valence-corrected chi connectivity index (χ3v) is 6.97. The first kappa shape index (κ1) is 19.1. The van der Waals surface area contributed by atoms with E-state index in [2.05, 4.69) is 20.2 Å². The lowest BCUT2D eigenvalue weighted by molar-refractivity contribution is -0.123. The Bertz CT molecular complexity index is 961. The van der Waals surface area contributed by atoms with Crippen molar-refractivity contribution in [2.24, 2.45) is 17.8 Å². The lowest BCUT2D eigenvalue weighted by Gasteiger charge is -2.29. The van der Waals surface area contributed by atoms with Crippen molar-refractivity contribution in [1.82, 2.24) is 29.5 Å². The Balaban J connectivity index is 1.14. The van der Waals surface area contributed by atoms with Gasteiger partial charge in [0.2, 0.25) is 5.91 Å². The number of rotatable bonds is 4. The molecule has 0 spiro atoms. The molecule has 3 aliphatic rings. The molecule has 0 radical (unpaired) electrons. The lowest BCUT2D eigenvalue weighted by atomic mass is 10.2. The van der Waals surface area contributed by atoms with E-state index in [0.29, 0.717) is 24.9 Å². The summed E-state index contributed by atoms with van der Waals surface area (Å²) < 4.78 is 1.96. The largest absolute Gasteiger partial charge is 0.351 e. The summed E-state index contributed by atoms with van der Waals surface area (Å²) in [6.45, 7) is 7.02. The fraction of sp³-hybridized carbons (Fsp3) is 0.619. The molecule has 2 aromatic rings. The SMILES string of the molecule is CC(C)N(C)C(=O)N1C[C@@H]2C(C(=O)N[C@H]3CCN(c4nccn5ccnc45)C3)[C@@H]2C1. The van der Waals surface area contributed by atoms with E-state index >= 15 is 0 Å². The number of hydrogen-bond acceptors (Lipinski definition) is 5. The topological polar surface area (TPSA) is 86.1 Å². The normalized spacial score (nSPS) is 27.6. The number of amides is 3. The van der Waals surface area contributed by atoms with Gasteiger partial charge in [-0.3, -0.25) is 4.79 Å². The third kappa shape index (κ3) is 3.16. The van der Waals surface area contributed by atoms with E-state index in [9.17, 15) is 9.59 Å². The minimum atomic E-state index is 0.0568. The number of piperidine rings is 1. The molecule has 1 aliphatic carbocycles. The highest BCUT2D eigenvalue weighted by Crippen LogP contribution is 2.52. The van der Waals surface area contributed by atoms with E-state index in [4.69, 9.17) is 0 Å². The molecule has 0 aromatic carbocycles. The maximum absolute atomic E-state index is 12.8. The summed E-state index contributed by atoms with van der Waals surface area (Å²) in [5, 5.41) is 3.25. The van der Waals surface area contributed by atoms with Crippen LogP contribution in [0.4, 0.5) is 10.6 Å². The monoisotopic (exact) mass is 411 g/mol. The molecule has 2 saturated heterocycles. The van der Waals surface area contributed by atoms with Crippen LogP contribution in [0.15, 0.2) is 24.8 Å². The average molecular weight is 412 g/mol. The molecule has 9 heteroatoms. The summed E-state index contributed by atoms with van der Waals surface area (Å²) >= 11 is 0. The molecular formula is C21H29N7O2. The number of carbonyl (C=O) groups excluding carboxylic acids is 2. The van der Waals surface area contributed by atoms with Crippen LogP contribution in [0.1, 0.15) is 20.3 Å². The highest BCUT2D eigenvalue weighted by Gasteiger charge is 2.60. The van der Waals surface area contributed by atoms with Gasteiger partial charge < -0.3 is 24.4 Å². The minimum Gasteiger partial charge on any atom is -0.351 e. The number of aromatic nitrogens is 3. The Hall–Kier alpha value is -2.84. The smallest absolute Gasteiger partial charge is 0.319 e. The molecule has 9 nitrogen and oxygen atoms in total. The van der Waals surface area contributed by atoms with Gasteiger partial charge in [-0.05, 0) is 32.1 Å². The molecular weight excluding hydrogens is 382 g/mol. The molecule has 1 N–H and O–H groups in total. The molecule has 2 aromatic heterocycles. The molecule has 160 valence electrons. The van der Waals surface area contributed by atoms with Gasteiger partial charge >= 0.3 is 6.03 Å². The van der Waals surface area contributed by atoms with Gasteiger partial charge in [0, 0.05) is 76.0 Å². The van der Waals surface area contributed by atoms with Crippen LogP contribution in [0.25, 0.3) is 5.65 Å². The highest BCUT2D eigenvalue weighted by molar-refractivity contribution is 5.84. The molecule has 5 rings (SSSR count). The van der Waals surface area contributed by atoms with Gasteiger partial charge in [0.25, 0.3) is 0 Å². The second-order valence-electron chi connectivity index (χ2n) is 9.09. The summed E-state index contributed by atoms with van der Waals surface area (Å²) in [4.78, 5) is 40.1. The van der Waals surface area contributed by atoms with Crippen LogP contribution in [0.2, 0.25) is 0 Å². The Morgan fingerprint density at radius 2 is 1.83 bits per heavy atom. The fourth-order valence-electron chi connectivity index (χ4n) is 4.95. The number of carbonyl (C=O) groups is 2. The van der Waals surface area contributed by atoms with Gasteiger partial charge in [0.05, 0.1) is 0 Å². The fourth-order valence-corrected chi connectivity index (χ4v) is 4.95. The minimum absolute atomic E-state index is 0.0568. The predicted molar refractivity (Wildman–Crippen MR) is 112 cm³/mol. The van der Waals surface area contributed by atoms with Gasteiger partial charge in [-0.2, -0.15) is 0 Å². The number of anilines is 1. The molecule has 0 bridgehead atoms. The lowest BCUT2D eigenvalue weighted by Crippen LogP contribution is -2.45. The first-order chi connectivity index (χ1) is 14.4. The zero-order chi connectivity index (χ0) is 21.0. The van der Waals surface area contributed by atoms with Crippen LogP contribution in [0.5, 0.6) is 0 Å². The van der Waals surface area contributed by atoms with Crippen LogP contribution in [-0.4, -0.2) is 81.4 Å². The number of nitrogens with one attached hydrogen (secondary N) is 1. The Kier molecular flexibility index (Phi) is 4.56. The molecule has 1 saturated carbocycles. The van der Waals surface area contributed by atoms with Crippen LogP contribution in [-0.2, 0) is 4.79 Å². The van der Waals surface area contributed by atoms with Crippen LogP contribution in [0, 0.1) is 17.8 Å². The zero-order valence-electron chi connectivity index (χ0n) is 17.7. The van der Waals surface area contributed by atoms with Gasteiger partial charge in [0.1, 0.15) is 0 Å². The van der Waals surface area contributed by atoms with Crippen molar-refractivity contribution < 1.29 is 9.59 Å². The highest BCUT2D eigenvalue weighted by atomic mass is 16.2. The van der Waals surface area contributed by atoms with Crippen molar-refractivity contribution in [3.63, 3.8) is 0 Å². The number of likely N-dealkylation sites (tertiary alicyclic amines) is 1. The molecule has 3 fully saturated rings. The average Bonchev–Trinajstić information content (AvgIpc) is 3.20. The van der Waals surface area contributed by atoms with Crippen LogP contribution >= 0.6 is 0 Å². The Morgan fingerprint density at radius 1 is 1.13 bits per heavy atom. The van der Waals surface area contributed by atoms with E-state index in [1.54, 1.807) is 17.3 Å². The Labute approximate surface area is 176 Å². The maximum Gasteiger partial charge on any atom is 0.319 e. The van der Waals surface area contributed by atoms with Gasteiger partial charge in [0.15, 0.2) is 11.5 Å². The zero-order valence-corrected chi connectivity index (χ0v) is 17.7. The van der Waals surface area contributed by atoms with Gasteiger partial charge in [-0.1, -0.05) is 0 Å². The third-order valence-electron chi connectivity index (χ3n) is 6.97. The Morgan fingerprint density at radius 3 is 2.53 bits per heavy atom. The quantitative estimate of drug-likeness (QED) is 0.813. The summed E-state index contributed by atoms with van der Waals surface area (Å²) in [5.41, 5.74) is 0.845. The summed E-state index contributed by atoms with van der Waals surface area (Å²) in [6.07, 6.45) is 8.26. The first-order valence-electron chi connectivity index (χ1n) is 10.8. The standard InChI is InChI=1S/C21H29N7O2/c1-13(2)25(3)21(30)28-11-15-16(12-28)17(15)20(29)24-14-4-7-27(10-14)19-18-22-5-8-26(18)9-6-23-19/h5-6,8-9,13-17H,4,7,10-12H2,1-3H3,(H,24,29)/t14-,15-,16+,17?/m0/s1. The van der Waals surface area contributed by atoms with Crippen LogP contribution < -0.4 is 10.2 Å². The summed E-state index contributed by atoms with van der Waals surface area (Å²) in [7, 11) is 1.84. The summed E-state index contributed by atoms with van der Waals surface area (Å²) in [6, 6.07) is 0.380. The number of hydrogen-bond donors (Lipinski definition) is 1. The summed E-state index contributed by atoms with van der Waals surface area (Å²) in [5.74, 6) is 1.69. The molecule has 30 heavy (non-hydrogen) atoms. The van der Waals surface area contributed by atoms with Crippen LogP contribution in [0.3, 0.4) is 0 Å². The van der Waals surface area contributed by atoms with E-state index in [-0.39, 0.29) is 29.9 Å². The van der Waals surface area contributed by atoms with Crippen molar-refractivity contribution in [3.8, 4) is 0 Å². The predicted octanol–water partition coefficient (Wildman–Crippen LogP) is 1.06. The van der Waals surface area contributed by atoms with Gasteiger partial charge in [-0.15, -0.1) is 0 Å². The molecule has 2 aliphatic heterocycles. The molecule has 1 unspecified atom stereocenters. The second kappa shape index (κ2) is 7.14. The van der Waals surface area contributed by atoms with E-state index in [1.807, 2.05) is 42.6 Å². The van der Waals surface area contributed by atoms with E-state index < -0.39 is 0 Å². The molecule has 4 atom stereocenters. The van der Waals surface area contributed by atoms with E-state index in [1.165, 1.54) is 0 Å². The molecule has 4 heterocycles. The maximum atomic E-state index is 12.8. The van der Waals surface area contributed by atoms with E-state index in [0.717, 1.165) is 31.0 Å². The van der Waals surface area contributed by atoms with Crippen molar-refractivity contribution >= 4 is 23.4 Å². The number of urea groups is 1. The number of fused-ring (bicyclic) bond motifs is 2. The van der Waals surface area contributed by atoms with Crippen molar-refractivity contribution in [1.29, 1.82) is 0 Å². The second-order valence-corrected chi connectivity index (χ2v) is 9.09.